The van der Waals surface area contributed by atoms with Crippen molar-refractivity contribution in [3.63, 3.8) is 0 Å². The molecule has 0 aliphatic rings. The maximum Gasteiger partial charge on any atom is 0.337 e. The number of halogens is 1. The van der Waals surface area contributed by atoms with Crippen LogP contribution < -0.4 is 4.72 Å². The molecule has 0 fully saturated rings. The Morgan fingerprint density at radius 2 is 1.91 bits per heavy atom. The van der Waals surface area contributed by atoms with Crippen molar-refractivity contribution in [3.05, 3.63) is 28.8 Å². The van der Waals surface area contributed by atoms with E-state index in [-0.39, 0.29) is 15.5 Å². The van der Waals surface area contributed by atoms with Gasteiger partial charge in [-0.15, -0.1) is 0 Å². The fourth-order valence-electron chi connectivity index (χ4n) is 1.72. The van der Waals surface area contributed by atoms with Gasteiger partial charge in [-0.05, 0) is 24.1 Å². The first kappa shape index (κ1) is 18.4. The lowest BCUT2D eigenvalue weighted by Crippen LogP contribution is -2.44. The lowest BCUT2D eigenvalue weighted by molar-refractivity contribution is -0.140. The van der Waals surface area contributed by atoms with E-state index in [0.717, 1.165) is 18.2 Å². The number of hydrogen-bond donors (Lipinski definition) is 3. The molecule has 0 heterocycles. The summed E-state index contributed by atoms with van der Waals surface area (Å²) in [6.45, 7) is 3.34. The molecule has 0 bridgehead atoms. The number of rotatable bonds is 7. The highest BCUT2D eigenvalue weighted by molar-refractivity contribution is 7.89. The van der Waals surface area contributed by atoms with Crippen LogP contribution in [0.15, 0.2) is 23.1 Å². The van der Waals surface area contributed by atoms with E-state index in [0.29, 0.717) is 6.42 Å². The van der Waals surface area contributed by atoms with Gasteiger partial charge >= 0.3 is 11.9 Å². The molecule has 0 amide bonds. The first-order valence-corrected chi connectivity index (χ1v) is 8.24. The van der Waals surface area contributed by atoms with Crippen LogP contribution in [-0.2, 0) is 14.8 Å². The zero-order valence-electron chi connectivity index (χ0n) is 11.9. The molecule has 1 aromatic rings. The van der Waals surface area contributed by atoms with Crippen molar-refractivity contribution in [2.45, 2.75) is 31.2 Å². The summed E-state index contributed by atoms with van der Waals surface area (Å²) in [5, 5.41) is 18.0. The number of carbonyl (C=O) groups is 2. The van der Waals surface area contributed by atoms with Crippen LogP contribution in [0.1, 0.15) is 30.6 Å². The fraction of sp³-hybridized carbons (Fsp3) is 0.385. The van der Waals surface area contributed by atoms with Crippen molar-refractivity contribution in [2.75, 3.05) is 0 Å². The molecule has 0 radical (unpaired) electrons. The maximum absolute atomic E-state index is 12.2. The summed E-state index contributed by atoms with van der Waals surface area (Å²) >= 11 is 5.68. The summed E-state index contributed by atoms with van der Waals surface area (Å²) in [7, 11) is -4.19. The summed E-state index contributed by atoms with van der Waals surface area (Å²) in [4.78, 5) is 21.8. The topological polar surface area (TPSA) is 121 Å². The van der Waals surface area contributed by atoms with Gasteiger partial charge in [-0.25, -0.2) is 13.2 Å². The second-order valence-electron chi connectivity index (χ2n) is 4.77. The molecule has 3 N–H and O–H groups in total. The lowest BCUT2D eigenvalue weighted by Gasteiger charge is -2.20. The van der Waals surface area contributed by atoms with Gasteiger partial charge in [0, 0.05) is 0 Å². The van der Waals surface area contributed by atoms with Gasteiger partial charge in [-0.2, -0.15) is 4.72 Å². The zero-order valence-corrected chi connectivity index (χ0v) is 13.5. The van der Waals surface area contributed by atoms with Crippen LogP contribution in [0, 0.1) is 5.92 Å². The number of nitrogens with one attached hydrogen (secondary N) is 1. The lowest BCUT2D eigenvalue weighted by atomic mass is 10.0. The predicted octanol–water partition coefficient (Wildman–Crippen LogP) is 1.82. The molecule has 9 heteroatoms. The van der Waals surface area contributed by atoms with Gasteiger partial charge < -0.3 is 10.2 Å². The monoisotopic (exact) mass is 349 g/mol. The van der Waals surface area contributed by atoms with E-state index in [1.807, 2.05) is 0 Å². The Hall–Kier alpha value is -1.64. The third-order valence-corrected chi connectivity index (χ3v) is 5.01. The molecule has 2 atom stereocenters. The second kappa shape index (κ2) is 7.08. The first-order chi connectivity index (χ1) is 10.1. The zero-order chi connectivity index (χ0) is 17.1. The van der Waals surface area contributed by atoms with E-state index in [9.17, 15) is 18.0 Å². The van der Waals surface area contributed by atoms with Gasteiger partial charge in [0.2, 0.25) is 10.0 Å². The van der Waals surface area contributed by atoms with Crippen LogP contribution in [-0.4, -0.2) is 36.6 Å². The largest absolute Gasteiger partial charge is 0.480 e. The highest BCUT2D eigenvalue weighted by Gasteiger charge is 2.30. The van der Waals surface area contributed by atoms with Crippen molar-refractivity contribution < 1.29 is 28.2 Å². The maximum atomic E-state index is 12.2. The average Bonchev–Trinajstić information content (AvgIpc) is 2.43. The molecular weight excluding hydrogens is 334 g/mol. The van der Waals surface area contributed by atoms with E-state index < -0.39 is 33.9 Å². The van der Waals surface area contributed by atoms with E-state index in [1.54, 1.807) is 13.8 Å². The molecule has 0 aromatic heterocycles. The summed E-state index contributed by atoms with van der Waals surface area (Å²) in [5.74, 6) is -3.11. The SMILES string of the molecule is CC[C@@H](C)[C@H](NS(=O)(=O)c1ccc(Cl)c(C(=O)O)c1)C(=O)O. The number of benzene rings is 1. The van der Waals surface area contributed by atoms with Crippen LogP contribution >= 0.6 is 11.6 Å². The van der Waals surface area contributed by atoms with Crippen molar-refractivity contribution in [2.24, 2.45) is 5.92 Å². The Morgan fingerprint density at radius 1 is 1.32 bits per heavy atom. The minimum atomic E-state index is -4.19. The molecule has 7 nitrogen and oxygen atoms in total. The number of carboxylic acids is 2. The van der Waals surface area contributed by atoms with Crippen LogP contribution in [0.4, 0.5) is 0 Å². The van der Waals surface area contributed by atoms with Crippen molar-refractivity contribution in [1.82, 2.24) is 4.72 Å². The first-order valence-electron chi connectivity index (χ1n) is 6.38. The molecule has 0 saturated carbocycles. The van der Waals surface area contributed by atoms with Gasteiger partial charge in [0.15, 0.2) is 0 Å². The molecule has 0 aliphatic heterocycles. The van der Waals surface area contributed by atoms with Gasteiger partial charge in [-0.1, -0.05) is 31.9 Å². The van der Waals surface area contributed by atoms with E-state index in [4.69, 9.17) is 21.8 Å². The Kier molecular flexibility index (Phi) is 5.92. The van der Waals surface area contributed by atoms with Crippen molar-refractivity contribution in [3.8, 4) is 0 Å². The van der Waals surface area contributed by atoms with Gasteiger partial charge in [0.1, 0.15) is 6.04 Å². The number of sulfonamides is 1. The summed E-state index contributed by atoms with van der Waals surface area (Å²) in [6, 6.07) is 1.84. The number of aromatic carboxylic acids is 1. The number of hydrogen-bond acceptors (Lipinski definition) is 4. The van der Waals surface area contributed by atoms with E-state index in [2.05, 4.69) is 4.72 Å². The molecule has 0 spiro atoms. The molecule has 0 saturated heterocycles. The normalized spacial score (nSPS) is 14.3. The molecule has 1 aromatic carbocycles. The van der Waals surface area contributed by atoms with Crippen LogP contribution in [0.2, 0.25) is 5.02 Å². The molecule has 1 rings (SSSR count). The Labute approximate surface area is 133 Å². The molecule has 0 aliphatic carbocycles. The predicted molar refractivity (Wildman–Crippen MR) is 79.6 cm³/mol. The smallest absolute Gasteiger partial charge is 0.337 e. The van der Waals surface area contributed by atoms with Crippen LogP contribution in [0.25, 0.3) is 0 Å². The number of aliphatic carboxylic acids is 1. The Balaban J connectivity index is 3.21. The van der Waals surface area contributed by atoms with Crippen LogP contribution in [0.3, 0.4) is 0 Å². The Morgan fingerprint density at radius 3 is 2.36 bits per heavy atom. The van der Waals surface area contributed by atoms with Gasteiger partial charge in [0.25, 0.3) is 0 Å². The van der Waals surface area contributed by atoms with Crippen LogP contribution in [0.5, 0.6) is 0 Å². The minimum Gasteiger partial charge on any atom is -0.480 e. The fourth-order valence-corrected chi connectivity index (χ4v) is 3.24. The standard InChI is InChI=1S/C13H16ClNO6S/c1-3-7(2)11(13(18)19)15-22(20,21)8-4-5-10(14)9(6-8)12(16)17/h4-7,11,15H,3H2,1-2H3,(H,16,17)(H,18,19)/t7-,11+/m1/s1. The minimum absolute atomic E-state index is 0.108. The second-order valence-corrected chi connectivity index (χ2v) is 6.89. The third kappa shape index (κ3) is 4.19. The summed E-state index contributed by atoms with van der Waals surface area (Å²) in [5.41, 5.74) is -0.375. The van der Waals surface area contributed by atoms with E-state index >= 15 is 0 Å². The van der Waals surface area contributed by atoms with Gasteiger partial charge in [-0.3, -0.25) is 4.79 Å². The molecule has 22 heavy (non-hydrogen) atoms. The van der Waals surface area contributed by atoms with Crippen molar-refractivity contribution >= 4 is 33.6 Å². The summed E-state index contributed by atoms with van der Waals surface area (Å²) in [6.07, 6.45) is 0.459. The quantitative estimate of drug-likeness (QED) is 0.690. The molecule has 0 unspecified atom stereocenters. The van der Waals surface area contributed by atoms with Crippen molar-refractivity contribution in [1.29, 1.82) is 0 Å². The molecule has 122 valence electrons. The summed E-state index contributed by atoms with van der Waals surface area (Å²) < 4.78 is 26.6. The third-order valence-electron chi connectivity index (χ3n) is 3.24. The van der Waals surface area contributed by atoms with E-state index in [1.165, 1.54) is 0 Å². The average molecular weight is 350 g/mol. The highest BCUT2D eigenvalue weighted by atomic mass is 35.5. The highest BCUT2D eigenvalue weighted by Crippen LogP contribution is 2.21. The molecular formula is C13H16ClNO6S. The Bertz CT molecular complexity index is 688. The van der Waals surface area contributed by atoms with Gasteiger partial charge in [0.05, 0.1) is 15.5 Å². The number of carboxylic acid groups (broad SMARTS) is 2.